The summed E-state index contributed by atoms with van der Waals surface area (Å²) in [5.41, 5.74) is 1.34. The molecule has 2 fully saturated rings. The molecule has 1 unspecified atom stereocenters. The van der Waals surface area contributed by atoms with E-state index < -0.39 is 0 Å². The molecule has 1 spiro atoms. The summed E-state index contributed by atoms with van der Waals surface area (Å²) in [6.45, 7) is 14.4. The van der Waals surface area contributed by atoms with Crippen molar-refractivity contribution in [1.29, 1.82) is 0 Å². The quantitative estimate of drug-likeness (QED) is 0.723. The Morgan fingerprint density at radius 2 is 1.84 bits per heavy atom. The van der Waals surface area contributed by atoms with Crippen LogP contribution in [-0.4, -0.2) is 13.1 Å². The maximum Gasteiger partial charge on any atom is -0.00149 e. The molecule has 2 aliphatic carbocycles. The molecule has 2 saturated carbocycles. The standard InChI is InChI=1S/C18H35N/c1-6-17(4,5)15-7-9-18(10-8-15)11-16(18)13-19-12-14(2)3/h14-16,19H,6-13H2,1-5H3. The molecule has 0 aromatic heterocycles. The number of hydrogen-bond acceptors (Lipinski definition) is 1. The molecule has 1 N–H and O–H groups in total. The third kappa shape index (κ3) is 3.54. The fourth-order valence-electron chi connectivity index (χ4n) is 4.14. The van der Waals surface area contributed by atoms with E-state index in [1.54, 1.807) is 0 Å². The van der Waals surface area contributed by atoms with Crippen molar-refractivity contribution >= 4 is 0 Å². The maximum absolute atomic E-state index is 3.67. The van der Waals surface area contributed by atoms with Gasteiger partial charge in [-0.25, -0.2) is 0 Å². The predicted molar refractivity (Wildman–Crippen MR) is 84.3 cm³/mol. The number of hydrogen-bond donors (Lipinski definition) is 1. The van der Waals surface area contributed by atoms with Crippen molar-refractivity contribution in [1.82, 2.24) is 5.32 Å². The van der Waals surface area contributed by atoms with E-state index in [9.17, 15) is 0 Å². The van der Waals surface area contributed by atoms with E-state index in [-0.39, 0.29) is 0 Å². The summed E-state index contributed by atoms with van der Waals surface area (Å²) in [5.74, 6) is 2.76. The van der Waals surface area contributed by atoms with Crippen molar-refractivity contribution in [2.45, 2.75) is 73.1 Å². The molecule has 1 nitrogen and oxygen atoms in total. The van der Waals surface area contributed by atoms with E-state index in [0.717, 1.165) is 23.2 Å². The monoisotopic (exact) mass is 265 g/mol. The van der Waals surface area contributed by atoms with Gasteiger partial charge < -0.3 is 5.32 Å². The molecule has 112 valence electrons. The van der Waals surface area contributed by atoms with Crippen LogP contribution in [0.4, 0.5) is 0 Å². The van der Waals surface area contributed by atoms with E-state index in [1.807, 2.05) is 0 Å². The Kier molecular flexibility index (Phi) is 4.65. The summed E-state index contributed by atoms with van der Waals surface area (Å²) in [6.07, 6.45) is 8.84. The Bertz CT molecular complexity index is 284. The molecule has 0 bridgehead atoms. The van der Waals surface area contributed by atoms with Gasteiger partial charge in [-0.3, -0.25) is 0 Å². The summed E-state index contributed by atoms with van der Waals surface area (Å²) >= 11 is 0. The van der Waals surface area contributed by atoms with Crippen LogP contribution in [-0.2, 0) is 0 Å². The molecule has 0 radical (unpaired) electrons. The first-order valence-electron chi connectivity index (χ1n) is 8.60. The lowest BCUT2D eigenvalue weighted by Gasteiger charge is -2.39. The van der Waals surface area contributed by atoms with E-state index in [4.69, 9.17) is 0 Å². The van der Waals surface area contributed by atoms with Gasteiger partial charge in [-0.05, 0) is 73.8 Å². The lowest BCUT2D eigenvalue weighted by molar-refractivity contribution is 0.115. The van der Waals surface area contributed by atoms with Gasteiger partial charge >= 0.3 is 0 Å². The van der Waals surface area contributed by atoms with Crippen molar-refractivity contribution in [3.8, 4) is 0 Å². The molecule has 0 heterocycles. The minimum Gasteiger partial charge on any atom is -0.316 e. The maximum atomic E-state index is 3.67. The fraction of sp³-hybridized carbons (Fsp3) is 1.00. The fourth-order valence-corrected chi connectivity index (χ4v) is 4.14. The molecule has 0 amide bonds. The molecule has 0 aromatic rings. The Morgan fingerprint density at radius 3 is 2.37 bits per heavy atom. The highest BCUT2D eigenvalue weighted by Gasteiger charge is 2.55. The van der Waals surface area contributed by atoms with Crippen molar-refractivity contribution in [2.75, 3.05) is 13.1 Å². The third-order valence-corrected chi connectivity index (χ3v) is 6.30. The van der Waals surface area contributed by atoms with Crippen LogP contribution >= 0.6 is 0 Å². The highest BCUT2D eigenvalue weighted by Crippen LogP contribution is 2.63. The Morgan fingerprint density at radius 1 is 1.21 bits per heavy atom. The first-order valence-corrected chi connectivity index (χ1v) is 8.60. The summed E-state index contributed by atoms with van der Waals surface area (Å²) in [7, 11) is 0. The Labute approximate surface area is 120 Å². The van der Waals surface area contributed by atoms with Gasteiger partial charge in [0.1, 0.15) is 0 Å². The summed E-state index contributed by atoms with van der Waals surface area (Å²) in [6, 6.07) is 0. The van der Waals surface area contributed by atoms with Crippen LogP contribution in [0.5, 0.6) is 0 Å². The average molecular weight is 265 g/mol. The number of nitrogens with one attached hydrogen (secondary N) is 1. The van der Waals surface area contributed by atoms with E-state index in [0.29, 0.717) is 5.41 Å². The Hall–Kier alpha value is -0.0400. The van der Waals surface area contributed by atoms with Gasteiger partial charge in [-0.1, -0.05) is 41.0 Å². The van der Waals surface area contributed by atoms with Crippen LogP contribution in [0, 0.1) is 28.6 Å². The zero-order valence-corrected chi connectivity index (χ0v) is 13.9. The third-order valence-electron chi connectivity index (χ3n) is 6.30. The van der Waals surface area contributed by atoms with Crippen molar-refractivity contribution in [3.63, 3.8) is 0 Å². The van der Waals surface area contributed by atoms with Gasteiger partial charge in [0.05, 0.1) is 0 Å². The van der Waals surface area contributed by atoms with Gasteiger partial charge in [0.2, 0.25) is 0 Å². The molecule has 19 heavy (non-hydrogen) atoms. The average Bonchev–Trinajstić information content (AvgIpc) is 3.02. The van der Waals surface area contributed by atoms with Crippen molar-refractivity contribution < 1.29 is 0 Å². The molecular formula is C18H35N. The van der Waals surface area contributed by atoms with Gasteiger partial charge in [0.15, 0.2) is 0 Å². The van der Waals surface area contributed by atoms with Gasteiger partial charge in [-0.2, -0.15) is 0 Å². The summed E-state index contributed by atoms with van der Waals surface area (Å²) in [5, 5.41) is 3.67. The summed E-state index contributed by atoms with van der Waals surface area (Å²) in [4.78, 5) is 0. The van der Waals surface area contributed by atoms with Crippen LogP contribution < -0.4 is 5.32 Å². The van der Waals surface area contributed by atoms with Crippen LogP contribution in [0.1, 0.15) is 73.1 Å². The SMILES string of the molecule is CCC(C)(C)C1CCC2(CC1)CC2CNCC(C)C. The second kappa shape index (κ2) is 5.76. The first kappa shape index (κ1) is 15.4. The van der Waals surface area contributed by atoms with Crippen molar-refractivity contribution in [2.24, 2.45) is 28.6 Å². The van der Waals surface area contributed by atoms with Gasteiger partial charge in [0, 0.05) is 0 Å². The van der Waals surface area contributed by atoms with Gasteiger partial charge in [0.25, 0.3) is 0 Å². The first-order chi connectivity index (χ1) is 8.89. The van der Waals surface area contributed by atoms with Crippen LogP contribution in [0.2, 0.25) is 0 Å². The van der Waals surface area contributed by atoms with Crippen molar-refractivity contribution in [3.05, 3.63) is 0 Å². The zero-order valence-electron chi connectivity index (χ0n) is 13.9. The topological polar surface area (TPSA) is 12.0 Å². The highest BCUT2D eigenvalue weighted by atomic mass is 14.9. The Balaban J connectivity index is 1.73. The molecule has 2 aliphatic rings. The van der Waals surface area contributed by atoms with E-state index in [1.165, 1.54) is 51.6 Å². The van der Waals surface area contributed by atoms with E-state index in [2.05, 4.69) is 39.9 Å². The van der Waals surface area contributed by atoms with Crippen LogP contribution in [0.3, 0.4) is 0 Å². The summed E-state index contributed by atoms with van der Waals surface area (Å²) < 4.78 is 0. The molecule has 1 atom stereocenters. The largest absolute Gasteiger partial charge is 0.316 e. The molecule has 0 aromatic carbocycles. The van der Waals surface area contributed by atoms with E-state index >= 15 is 0 Å². The lowest BCUT2D eigenvalue weighted by atomic mass is 9.66. The molecule has 0 saturated heterocycles. The van der Waals surface area contributed by atoms with Crippen LogP contribution in [0.15, 0.2) is 0 Å². The smallest absolute Gasteiger partial charge is 0.00149 e. The molecule has 1 heteroatoms. The van der Waals surface area contributed by atoms with Gasteiger partial charge in [-0.15, -0.1) is 0 Å². The predicted octanol–water partition coefficient (Wildman–Crippen LogP) is 4.86. The minimum atomic E-state index is 0.571. The van der Waals surface area contributed by atoms with Crippen LogP contribution in [0.25, 0.3) is 0 Å². The molecule has 2 rings (SSSR count). The minimum absolute atomic E-state index is 0.571. The molecular weight excluding hydrogens is 230 g/mol. The second-order valence-corrected chi connectivity index (χ2v) is 8.43. The number of rotatable bonds is 6. The second-order valence-electron chi connectivity index (χ2n) is 8.43. The zero-order chi connectivity index (χ0) is 14.1. The normalized spacial score (nSPS) is 35.1. The lowest BCUT2D eigenvalue weighted by Crippen LogP contribution is -2.30. The highest BCUT2D eigenvalue weighted by molar-refractivity contribution is 5.06. The molecule has 0 aliphatic heterocycles.